The lowest BCUT2D eigenvalue weighted by atomic mass is 10.3. The Morgan fingerprint density at radius 1 is 1.18 bits per heavy atom. The van der Waals surface area contributed by atoms with Gasteiger partial charge in [-0.05, 0) is 24.3 Å². The zero-order chi connectivity index (χ0) is 16.4. The van der Waals surface area contributed by atoms with Crippen LogP contribution in [0, 0.1) is 0 Å². The summed E-state index contributed by atoms with van der Waals surface area (Å²) in [6.45, 7) is 4.29. The second-order valence-electron chi connectivity index (χ2n) is 4.47. The van der Waals surface area contributed by atoms with Gasteiger partial charge in [-0.25, -0.2) is 0 Å². The van der Waals surface area contributed by atoms with Crippen LogP contribution < -0.4 is 20.7 Å². The number of carbonyl (C=O) groups excluding carboxylic acids is 2. The molecule has 3 N–H and O–H groups in total. The van der Waals surface area contributed by atoms with E-state index in [1.807, 2.05) is 0 Å². The third kappa shape index (κ3) is 7.54. The van der Waals surface area contributed by atoms with Gasteiger partial charge in [0.25, 0.3) is 5.91 Å². The highest BCUT2D eigenvalue weighted by Crippen LogP contribution is 2.15. The van der Waals surface area contributed by atoms with Gasteiger partial charge < -0.3 is 20.7 Å². The standard InChI is InChI=1S/C15H20ClN3O3/c1-11(19-9-14(20)17-2)7-8-18-15(21)10-22-13-5-3-12(16)4-6-13/h3-6,19H,1,7-10H2,2H3,(H,17,20)(H,18,21). The Labute approximate surface area is 134 Å². The molecule has 0 saturated carbocycles. The van der Waals surface area contributed by atoms with Gasteiger partial charge in [-0.1, -0.05) is 18.2 Å². The number of amides is 2. The van der Waals surface area contributed by atoms with Crippen LogP contribution in [0.25, 0.3) is 0 Å². The number of carbonyl (C=O) groups is 2. The van der Waals surface area contributed by atoms with Crippen molar-refractivity contribution in [3.63, 3.8) is 0 Å². The van der Waals surface area contributed by atoms with Crippen molar-refractivity contribution in [2.45, 2.75) is 6.42 Å². The average molecular weight is 326 g/mol. The maximum absolute atomic E-state index is 11.6. The van der Waals surface area contributed by atoms with Crippen molar-refractivity contribution in [1.29, 1.82) is 0 Å². The lowest BCUT2D eigenvalue weighted by molar-refractivity contribution is -0.123. The summed E-state index contributed by atoms with van der Waals surface area (Å²) in [5.41, 5.74) is 0.683. The monoisotopic (exact) mass is 325 g/mol. The van der Waals surface area contributed by atoms with Gasteiger partial charge in [0, 0.05) is 30.7 Å². The average Bonchev–Trinajstić information content (AvgIpc) is 2.52. The van der Waals surface area contributed by atoms with E-state index in [9.17, 15) is 9.59 Å². The number of benzene rings is 1. The van der Waals surface area contributed by atoms with Crippen molar-refractivity contribution >= 4 is 23.4 Å². The van der Waals surface area contributed by atoms with Crippen molar-refractivity contribution in [2.24, 2.45) is 0 Å². The maximum atomic E-state index is 11.6. The minimum Gasteiger partial charge on any atom is -0.484 e. The Morgan fingerprint density at radius 3 is 2.50 bits per heavy atom. The van der Waals surface area contributed by atoms with Gasteiger partial charge in [-0.15, -0.1) is 0 Å². The first-order chi connectivity index (χ1) is 10.5. The predicted molar refractivity (Wildman–Crippen MR) is 85.8 cm³/mol. The number of rotatable bonds is 9. The summed E-state index contributed by atoms with van der Waals surface area (Å²) in [6.07, 6.45) is 0.531. The SMILES string of the molecule is C=C(CCNC(=O)COc1ccc(Cl)cc1)NCC(=O)NC. The molecular formula is C15H20ClN3O3. The lowest BCUT2D eigenvalue weighted by Crippen LogP contribution is -2.33. The van der Waals surface area contributed by atoms with Crippen LogP contribution >= 0.6 is 11.6 Å². The highest BCUT2D eigenvalue weighted by atomic mass is 35.5. The molecular weight excluding hydrogens is 306 g/mol. The molecule has 0 fully saturated rings. The van der Waals surface area contributed by atoms with Gasteiger partial charge in [0.05, 0.1) is 6.54 Å². The molecule has 6 nitrogen and oxygen atoms in total. The summed E-state index contributed by atoms with van der Waals surface area (Å²) in [6, 6.07) is 6.77. The Kier molecular flexibility index (Phi) is 7.85. The fraction of sp³-hybridized carbons (Fsp3) is 0.333. The topological polar surface area (TPSA) is 79.5 Å². The molecule has 0 heterocycles. The van der Waals surface area contributed by atoms with Gasteiger partial charge in [-0.3, -0.25) is 9.59 Å². The second kappa shape index (κ2) is 9.68. The van der Waals surface area contributed by atoms with E-state index in [2.05, 4.69) is 22.5 Å². The van der Waals surface area contributed by atoms with Crippen molar-refractivity contribution in [2.75, 3.05) is 26.7 Å². The number of likely N-dealkylation sites (N-methyl/N-ethyl adjacent to an activating group) is 1. The summed E-state index contributed by atoms with van der Waals surface area (Å²) in [5, 5.41) is 8.68. The summed E-state index contributed by atoms with van der Waals surface area (Å²) in [5.74, 6) is 0.229. The molecule has 0 aliphatic heterocycles. The zero-order valence-corrected chi connectivity index (χ0v) is 13.2. The van der Waals surface area contributed by atoms with E-state index in [-0.39, 0.29) is 25.0 Å². The maximum Gasteiger partial charge on any atom is 0.257 e. The summed E-state index contributed by atoms with van der Waals surface area (Å²) < 4.78 is 5.31. The Balaban J connectivity index is 2.14. The molecule has 0 aliphatic carbocycles. The molecule has 22 heavy (non-hydrogen) atoms. The molecule has 0 radical (unpaired) electrons. The third-order valence-electron chi connectivity index (χ3n) is 2.71. The predicted octanol–water partition coefficient (Wildman–Crippen LogP) is 1.07. The number of hydrogen-bond donors (Lipinski definition) is 3. The van der Waals surface area contributed by atoms with E-state index in [0.29, 0.717) is 29.4 Å². The van der Waals surface area contributed by atoms with Crippen LogP contribution in [0.5, 0.6) is 5.75 Å². The fourth-order valence-electron chi connectivity index (χ4n) is 1.47. The molecule has 1 rings (SSSR count). The van der Waals surface area contributed by atoms with Crippen LogP contribution in [-0.2, 0) is 9.59 Å². The normalized spacial score (nSPS) is 9.73. The molecule has 0 saturated heterocycles. The molecule has 2 amide bonds. The molecule has 0 unspecified atom stereocenters. The number of ether oxygens (including phenoxy) is 1. The van der Waals surface area contributed by atoms with Crippen LogP contribution in [0.3, 0.4) is 0 Å². The van der Waals surface area contributed by atoms with Gasteiger partial charge in [0.2, 0.25) is 5.91 Å². The smallest absolute Gasteiger partial charge is 0.257 e. The third-order valence-corrected chi connectivity index (χ3v) is 2.96. The van der Waals surface area contributed by atoms with Gasteiger partial charge in [-0.2, -0.15) is 0 Å². The van der Waals surface area contributed by atoms with Crippen molar-refractivity contribution in [3.8, 4) is 5.75 Å². The minimum atomic E-state index is -0.228. The van der Waals surface area contributed by atoms with Crippen LogP contribution in [0.2, 0.25) is 5.02 Å². The first-order valence-corrected chi connectivity index (χ1v) is 7.16. The van der Waals surface area contributed by atoms with Crippen LogP contribution in [0.4, 0.5) is 0 Å². The van der Waals surface area contributed by atoms with Gasteiger partial charge in [0.1, 0.15) is 5.75 Å². The molecule has 0 bridgehead atoms. The molecule has 0 aromatic heterocycles. The highest BCUT2D eigenvalue weighted by Gasteiger charge is 2.03. The number of halogens is 1. The van der Waals surface area contributed by atoms with Crippen molar-refractivity contribution < 1.29 is 14.3 Å². The van der Waals surface area contributed by atoms with Crippen molar-refractivity contribution in [3.05, 3.63) is 41.6 Å². The van der Waals surface area contributed by atoms with E-state index in [1.54, 1.807) is 31.3 Å². The van der Waals surface area contributed by atoms with Crippen LogP contribution in [0.15, 0.2) is 36.5 Å². The highest BCUT2D eigenvalue weighted by molar-refractivity contribution is 6.30. The van der Waals surface area contributed by atoms with Crippen LogP contribution in [0.1, 0.15) is 6.42 Å². The first-order valence-electron chi connectivity index (χ1n) is 6.78. The Morgan fingerprint density at radius 2 is 1.86 bits per heavy atom. The summed E-state index contributed by atoms with van der Waals surface area (Å²) in [4.78, 5) is 22.6. The molecule has 0 atom stereocenters. The Hall–Kier alpha value is -2.21. The molecule has 7 heteroatoms. The molecule has 120 valence electrons. The Bertz CT molecular complexity index is 517. The lowest BCUT2D eigenvalue weighted by Gasteiger charge is -2.10. The summed E-state index contributed by atoms with van der Waals surface area (Å²) >= 11 is 5.75. The largest absolute Gasteiger partial charge is 0.484 e. The first kappa shape index (κ1) is 17.8. The molecule has 0 spiro atoms. The van der Waals surface area contributed by atoms with Crippen LogP contribution in [-0.4, -0.2) is 38.6 Å². The van der Waals surface area contributed by atoms with E-state index in [4.69, 9.17) is 16.3 Å². The van der Waals surface area contributed by atoms with Gasteiger partial charge >= 0.3 is 0 Å². The summed E-state index contributed by atoms with van der Waals surface area (Å²) in [7, 11) is 1.56. The van der Waals surface area contributed by atoms with Gasteiger partial charge in [0.15, 0.2) is 6.61 Å². The van der Waals surface area contributed by atoms with Crippen molar-refractivity contribution in [1.82, 2.24) is 16.0 Å². The number of hydrogen-bond acceptors (Lipinski definition) is 4. The number of nitrogens with one attached hydrogen (secondary N) is 3. The molecule has 1 aromatic carbocycles. The minimum absolute atomic E-state index is 0.0697. The van der Waals surface area contributed by atoms with E-state index in [1.165, 1.54) is 0 Å². The fourth-order valence-corrected chi connectivity index (χ4v) is 1.59. The van der Waals surface area contributed by atoms with E-state index >= 15 is 0 Å². The van der Waals surface area contributed by atoms with E-state index in [0.717, 1.165) is 0 Å². The van der Waals surface area contributed by atoms with E-state index < -0.39 is 0 Å². The second-order valence-corrected chi connectivity index (χ2v) is 4.91. The molecule has 1 aromatic rings. The quantitative estimate of drug-likeness (QED) is 0.634. The zero-order valence-electron chi connectivity index (χ0n) is 12.4. The molecule has 0 aliphatic rings.